The second-order valence-corrected chi connectivity index (χ2v) is 22.3. The first kappa shape index (κ1) is 51.9. The van der Waals surface area contributed by atoms with Crippen molar-refractivity contribution >= 4 is 93.5 Å². The maximum absolute atomic E-state index is 12.8. The van der Waals surface area contributed by atoms with Crippen molar-refractivity contribution in [2.75, 3.05) is 41.4 Å². The van der Waals surface area contributed by atoms with Crippen LogP contribution in [0.25, 0.3) is 21.5 Å². The summed E-state index contributed by atoms with van der Waals surface area (Å²) in [5.74, 6) is 1.77. The fraction of sp³-hybridized carbons (Fsp3) is 0.241. The molecule has 8 aromatic rings. The van der Waals surface area contributed by atoms with E-state index < -0.39 is 25.5 Å². The Balaban J connectivity index is 0.000000184. The first-order chi connectivity index (χ1) is 35.8. The van der Waals surface area contributed by atoms with Gasteiger partial charge in [0.2, 0.25) is 26.0 Å². The number of nitrogens with one attached hydrogen (secondary N) is 7. The van der Waals surface area contributed by atoms with Crippen LogP contribution in [-0.4, -0.2) is 73.8 Å². The highest BCUT2D eigenvalue weighted by molar-refractivity contribution is 7.89. The van der Waals surface area contributed by atoms with Crippen molar-refractivity contribution in [2.45, 2.75) is 73.6 Å². The van der Waals surface area contributed by atoms with Crippen LogP contribution in [0, 0.1) is 6.92 Å². The highest BCUT2D eigenvalue weighted by Gasteiger charge is 2.32. The summed E-state index contributed by atoms with van der Waals surface area (Å²) in [6.45, 7) is 7.68. The number of para-hydroxylation sites is 1. The normalized spacial score (nSPS) is 14.4. The Bertz CT molecular complexity index is 3800. The second-order valence-electron chi connectivity index (χ2n) is 19.2. The summed E-state index contributed by atoms with van der Waals surface area (Å²) in [6, 6.07) is 34.5. The minimum Gasteiger partial charge on any atom is -0.358 e. The standard InChI is InChI=1S/C29H32N6O3S.C25H26N6O4S/c1-18-3-2-4-24(27(18)39(30,37)38)33-25-17-21-11-14-31-29(36)26(21)28(34-25)32-22-7-5-19(6-8-22)20-12-15-35(16-13-20)23-9-10-23;1-25(2,24(33)27-3)16-8-10-17(11-9-16)29-22-21-15(12-13-28-23(21)32)14-20(31-22)30-18-6-4-5-7-19(18)36(26,34)35/h2-8,11,14,17,20,23H,9-10,12-13,15-16H2,1H3,(H,31,36)(H2,30,37,38)(H2,32,33,34);4-14H,1-3H3,(H,27,33)(H,28,32)(H2,26,34,35)(H2,29,30,31). The van der Waals surface area contributed by atoms with E-state index in [1.165, 1.54) is 56.6 Å². The van der Waals surface area contributed by atoms with E-state index in [0.717, 1.165) is 17.3 Å². The molecule has 5 heterocycles. The molecular formula is C54H58N12O7S2. The molecule has 75 heavy (non-hydrogen) atoms. The first-order valence-electron chi connectivity index (χ1n) is 24.3. The van der Waals surface area contributed by atoms with Gasteiger partial charge in [-0.1, -0.05) is 48.5 Å². The summed E-state index contributed by atoms with van der Waals surface area (Å²) < 4.78 is 48.6. The summed E-state index contributed by atoms with van der Waals surface area (Å²) in [5.41, 5.74) is 3.36. The Hall–Kier alpha value is -7.95. The molecule has 1 saturated heterocycles. The molecule has 2 aliphatic rings. The molecule has 0 radical (unpaired) electrons. The maximum Gasteiger partial charge on any atom is 0.259 e. The van der Waals surface area contributed by atoms with Crippen molar-refractivity contribution in [1.29, 1.82) is 0 Å². The number of hydrogen-bond donors (Lipinski definition) is 9. The predicted octanol–water partition coefficient (Wildman–Crippen LogP) is 7.79. The molecule has 4 aromatic carbocycles. The Morgan fingerprint density at radius 1 is 0.653 bits per heavy atom. The van der Waals surface area contributed by atoms with Crippen LogP contribution in [0.4, 0.5) is 46.0 Å². The van der Waals surface area contributed by atoms with Gasteiger partial charge in [0.15, 0.2) is 0 Å². The molecule has 11 N–H and O–H groups in total. The number of benzene rings is 4. The van der Waals surface area contributed by atoms with Crippen LogP contribution >= 0.6 is 0 Å². The molecule has 0 bridgehead atoms. The smallest absolute Gasteiger partial charge is 0.259 e. The third kappa shape index (κ3) is 11.7. The molecule has 388 valence electrons. The lowest BCUT2D eigenvalue weighted by Gasteiger charge is -2.32. The number of fused-ring (bicyclic) bond motifs is 2. The van der Waals surface area contributed by atoms with Gasteiger partial charge in [0, 0.05) is 36.9 Å². The topological polar surface area (TPSA) is 292 Å². The summed E-state index contributed by atoms with van der Waals surface area (Å²) in [7, 11) is -6.35. The highest BCUT2D eigenvalue weighted by Crippen LogP contribution is 2.36. The van der Waals surface area contributed by atoms with Crippen molar-refractivity contribution in [3.8, 4) is 0 Å². The number of carbonyl (C=O) groups is 1. The van der Waals surface area contributed by atoms with Crippen LogP contribution in [-0.2, 0) is 30.3 Å². The number of likely N-dealkylation sites (N-methyl/N-ethyl adjacent to an activating group) is 1. The molecule has 1 aliphatic heterocycles. The van der Waals surface area contributed by atoms with Gasteiger partial charge in [-0.05, 0) is 160 Å². The van der Waals surface area contributed by atoms with Crippen LogP contribution in [0.2, 0.25) is 0 Å². The molecule has 19 nitrogen and oxygen atoms in total. The number of aromatic nitrogens is 4. The van der Waals surface area contributed by atoms with Gasteiger partial charge in [0.05, 0.1) is 27.6 Å². The summed E-state index contributed by atoms with van der Waals surface area (Å²) in [6.07, 6.45) is 8.16. The third-order valence-corrected chi connectivity index (χ3v) is 15.7. The number of sulfonamides is 2. The van der Waals surface area contributed by atoms with E-state index in [2.05, 4.69) is 63.6 Å². The molecule has 0 atom stereocenters. The number of pyridine rings is 4. The number of piperidine rings is 1. The lowest BCUT2D eigenvalue weighted by molar-refractivity contribution is -0.125. The summed E-state index contributed by atoms with van der Waals surface area (Å²) in [4.78, 5) is 54.8. The SMILES string of the molecule is CNC(=O)C(C)(C)c1ccc(Nc2nc(Nc3ccccc3S(N)(=O)=O)cc3cc[nH]c(=O)c23)cc1.Cc1cccc(Nc2cc3cc[nH]c(=O)c3c(Nc3ccc(C4CCN(C5CC5)CC4)cc3)n2)c1S(N)(=O)=O. The summed E-state index contributed by atoms with van der Waals surface area (Å²) in [5, 5.41) is 28.1. The Morgan fingerprint density at radius 3 is 1.69 bits per heavy atom. The van der Waals surface area contributed by atoms with Gasteiger partial charge in [-0.3, -0.25) is 14.4 Å². The van der Waals surface area contributed by atoms with E-state index in [4.69, 9.17) is 10.3 Å². The number of aryl methyl sites for hydroxylation is 1. The number of nitrogens with two attached hydrogens (primary N) is 2. The molecular weight excluding hydrogens is 993 g/mol. The van der Waals surface area contributed by atoms with Crippen molar-refractivity contribution < 1.29 is 21.6 Å². The van der Waals surface area contributed by atoms with Crippen LogP contribution < -0.4 is 48.0 Å². The van der Waals surface area contributed by atoms with E-state index in [-0.39, 0.29) is 38.3 Å². The maximum atomic E-state index is 12.8. The zero-order chi connectivity index (χ0) is 53.2. The van der Waals surface area contributed by atoms with Gasteiger partial charge in [0.25, 0.3) is 11.1 Å². The lowest BCUT2D eigenvalue weighted by atomic mass is 9.83. The van der Waals surface area contributed by atoms with Crippen LogP contribution in [0.15, 0.2) is 147 Å². The Labute approximate surface area is 433 Å². The average molecular weight is 1050 g/mol. The zero-order valence-electron chi connectivity index (χ0n) is 41.7. The number of nitrogens with zero attached hydrogens (tertiary/aromatic N) is 3. The van der Waals surface area contributed by atoms with Gasteiger partial charge in [-0.2, -0.15) is 0 Å². The number of carbonyl (C=O) groups excluding carboxylic acids is 1. The number of H-pyrrole nitrogens is 2. The fourth-order valence-electron chi connectivity index (χ4n) is 9.52. The minimum absolute atomic E-state index is 0.00543. The number of aromatic amines is 2. The van der Waals surface area contributed by atoms with Crippen molar-refractivity contribution in [3.05, 3.63) is 165 Å². The second kappa shape index (κ2) is 21.1. The number of amides is 1. The minimum atomic E-state index is -3.98. The monoisotopic (exact) mass is 1050 g/mol. The fourth-order valence-corrected chi connectivity index (χ4v) is 11.2. The number of primary sulfonamides is 2. The van der Waals surface area contributed by atoms with E-state index in [1.54, 1.807) is 93.0 Å². The van der Waals surface area contributed by atoms with Gasteiger partial charge in [-0.15, -0.1) is 0 Å². The van der Waals surface area contributed by atoms with Crippen molar-refractivity contribution in [1.82, 2.24) is 30.2 Å². The van der Waals surface area contributed by atoms with Gasteiger partial charge >= 0.3 is 0 Å². The molecule has 1 amide bonds. The zero-order valence-corrected chi connectivity index (χ0v) is 43.3. The molecule has 1 saturated carbocycles. The third-order valence-electron chi connectivity index (χ3n) is 13.6. The number of hydrogen-bond acceptors (Lipinski definition) is 14. The molecule has 1 aliphatic carbocycles. The van der Waals surface area contributed by atoms with Crippen molar-refractivity contribution in [2.24, 2.45) is 10.3 Å². The van der Waals surface area contributed by atoms with E-state index >= 15 is 0 Å². The molecule has 4 aromatic heterocycles. The van der Waals surface area contributed by atoms with E-state index in [9.17, 15) is 31.2 Å². The summed E-state index contributed by atoms with van der Waals surface area (Å²) >= 11 is 0. The van der Waals surface area contributed by atoms with E-state index in [1.807, 2.05) is 38.1 Å². The van der Waals surface area contributed by atoms with Crippen LogP contribution in [0.1, 0.15) is 62.1 Å². The molecule has 21 heteroatoms. The Kier molecular flexibility index (Phi) is 14.6. The highest BCUT2D eigenvalue weighted by atomic mass is 32.2. The number of anilines is 8. The van der Waals surface area contributed by atoms with Gasteiger partial charge in [0.1, 0.15) is 33.1 Å². The van der Waals surface area contributed by atoms with Crippen LogP contribution in [0.3, 0.4) is 0 Å². The quantitative estimate of drug-likeness (QED) is 0.0503. The molecule has 10 rings (SSSR count). The lowest BCUT2D eigenvalue weighted by Crippen LogP contribution is -2.37. The van der Waals surface area contributed by atoms with Gasteiger partial charge in [-0.25, -0.2) is 37.1 Å². The molecule has 2 fully saturated rings. The number of rotatable bonds is 14. The van der Waals surface area contributed by atoms with Crippen molar-refractivity contribution in [3.63, 3.8) is 0 Å². The Morgan fingerprint density at radius 2 is 1.17 bits per heavy atom. The van der Waals surface area contributed by atoms with Gasteiger partial charge < -0.3 is 41.5 Å². The average Bonchev–Trinajstić information content (AvgIpc) is 4.23. The van der Waals surface area contributed by atoms with Crippen LogP contribution in [0.5, 0.6) is 0 Å². The largest absolute Gasteiger partial charge is 0.358 e. The van der Waals surface area contributed by atoms with E-state index in [0.29, 0.717) is 61.9 Å². The predicted molar refractivity (Wildman–Crippen MR) is 295 cm³/mol. The molecule has 0 spiro atoms. The number of likely N-dealkylation sites (tertiary alicyclic amines) is 1. The first-order valence-corrected chi connectivity index (χ1v) is 27.4. The molecule has 0 unspecified atom stereocenters.